The van der Waals surface area contributed by atoms with Crippen LogP contribution in [0.3, 0.4) is 0 Å². The number of anilines is 1. The molecule has 2 aromatic rings. The Morgan fingerprint density at radius 1 is 1.10 bits per heavy atom. The van der Waals surface area contributed by atoms with Crippen LogP contribution in [0.1, 0.15) is 20.7 Å². The summed E-state index contributed by atoms with van der Waals surface area (Å²) in [6.07, 6.45) is 0. The van der Waals surface area contributed by atoms with Crippen molar-refractivity contribution in [2.24, 2.45) is 0 Å². The summed E-state index contributed by atoms with van der Waals surface area (Å²) in [5.41, 5.74) is 0.173. The van der Waals surface area contributed by atoms with Gasteiger partial charge in [-0.15, -0.1) is 0 Å². The highest BCUT2D eigenvalue weighted by Crippen LogP contribution is 2.25. The van der Waals surface area contributed by atoms with Gasteiger partial charge in [-0.3, -0.25) is 4.79 Å². The molecule has 7 heteroatoms. The molecule has 0 spiro atoms. The van der Waals surface area contributed by atoms with Crippen LogP contribution in [-0.4, -0.2) is 17.0 Å². The van der Waals surface area contributed by atoms with Crippen LogP contribution in [0.2, 0.25) is 10.0 Å². The van der Waals surface area contributed by atoms with E-state index in [9.17, 15) is 14.0 Å². The first-order valence-electron chi connectivity index (χ1n) is 5.67. The highest BCUT2D eigenvalue weighted by molar-refractivity contribution is 6.37. The van der Waals surface area contributed by atoms with E-state index in [-0.39, 0.29) is 26.9 Å². The van der Waals surface area contributed by atoms with Gasteiger partial charge in [0.25, 0.3) is 5.91 Å². The lowest BCUT2D eigenvalue weighted by Gasteiger charge is -2.08. The maximum atomic E-state index is 13.4. The Morgan fingerprint density at radius 2 is 1.81 bits per heavy atom. The first kappa shape index (κ1) is 15.3. The molecule has 0 fully saturated rings. The Hall–Kier alpha value is -2.11. The van der Waals surface area contributed by atoms with E-state index in [1.807, 2.05) is 0 Å². The number of amides is 1. The van der Waals surface area contributed by atoms with Crippen molar-refractivity contribution in [2.75, 3.05) is 5.32 Å². The van der Waals surface area contributed by atoms with Crippen molar-refractivity contribution in [3.63, 3.8) is 0 Å². The lowest BCUT2D eigenvalue weighted by atomic mass is 10.1. The maximum Gasteiger partial charge on any atom is 0.335 e. The van der Waals surface area contributed by atoms with Gasteiger partial charge in [-0.05, 0) is 30.3 Å². The predicted octanol–water partition coefficient (Wildman–Crippen LogP) is 4.08. The van der Waals surface area contributed by atoms with Crippen molar-refractivity contribution in [3.8, 4) is 0 Å². The van der Waals surface area contributed by atoms with E-state index in [1.165, 1.54) is 24.3 Å². The van der Waals surface area contributed by atoms with E-state index in [1.54, 1.807) is 0 Å². The molecule has 2 rings (SSSR count). The van der Waals surface area contributed by atoms with Crippen LogP contribution in [0.25, 0.3) is 0 Å². The number of benzene rings is 2. The number of aromatic carboxylic acids is 1. The molecule has 21 heavy (non-hydrogen) atoms. The Morgan fingerprint density at radius 3 is 2.48 bits per heavy atom. The van der Waals surface area contributed by atoms with E-state index >= 15 is 0 Å². The van der Waals surface area contributed by atoms with Crippen LogP contribution in [0.4, 0.5) is 10.1 Å². The van der Waals surface area contributed by atoms with Crippen LogP contribution in [0, 0.1) is 5.82 Å². The molecule has 0 radical (unpaired) electrons. The van der Waals surface area contributed by atoms with Crippen molar-refractivity contribution in [3.05, 3.63) is 63.4 Å². The smallest absolute Gasteiger partial charge is 0.335 e. The van der Waals surface area contributed by atoms with Gasteiger partial charge in [0.05, 0.1) is 21.2 Å². The summed E-state index contributed by atoms with van der Waals surface area (Å²) >= 11 is 11.4. The molecule has 2 aromatic carbocycles. The van der Waals surface area contributed by atoms with Crippen molar-refractivity contribution in [2.45, 2.75) is 0 Å². The van der Waals surface area contributed by atoms with E-state index in [0.717, 1.165) is 12.1 Å². The zero-order valence-corrected chi connectivity index (χ0v) is 11.9. The van der Waals surface area contributed by atoms with Gasteiger partial charge in [0.1, 0.15) is 5.82 Å². The summed E-state index contributed by atoms with van der Waals surface area (Å²) in [5, 5.41) is 11.1. The molecule has 0 atom stereocenters. The second-order valence-electron chi connectivity index (χ2n) is 4.09. The second kappa shape index (κ2) is 6.11. The van der Waals surface area contributed by atoms with Gasteiger partial charge in [0, 0.05) is 5.69 Å². The monoisotopic (exact) mass is 327 g/mol. The van der Waals surface area contributed by atoms with Crippen molar-refractivity contribution in [1.82, 2.24) is 0 Å². The molecule has 0 aliphatic rings. The highest BCUT2D eigenvalue weighted by atomic mass is 35.5. The number of carbonyl (C=O) groups excluding carboxylic acids is 1. The fraction of sp³-hybridized carbons (Fsp3) is 0. The summed E-state index contributed by atoms with van der Waals surface area (Å²) in [6, 6.07) is 7.68. The number of hydrogen-bond acceptors (Lipinski definition) is 2. The fourth-order valence-electron chi connectivity index (χ4n) is 1.62. The molecule has 0 heterocycles. The minimum absolute atomic E-state index is 0.00621. The fourth-order valence-corrected chi connectivity index (χ4v) is 2.09. The number of hydrogen-bond donors (Lipinski definition) is 2. The first-order valence-corrected chi connectivity index (χ1v) is 6.43. The number of carboxylic acids is 1. The summed E-state index contributed by atoms with van der Waals surface area (Å²) in [6.45, 7) is 0. The van der Waals surface area contributed by atoms with Gasteiger partial charge < -0.3 is 10.4 Å². The van der Waals surface area contributed by atoms with Crippen molar-refractivity contribution in [1.29, 1.82) is 0 Å². The van der Waals surface area contributed by atoms with Gasteiger partial charge in [0.2, 0.25) is 0 Å². The first-order chi connectivity index (χ1) is 9.88. The van der Waals surface area contributed by atoms with Crippen molar-refractivity contribution < 1.29 is 19.1 Å². The minimum atomic E-state index is -1.12. The summed E-state index contributed by atoms with van der Waals surface area (Å²) in [4.78, 5) is 22.9. The van der Waals surface area contributed by atoms with E-state index in [2.05, 4.69) is 5.32 Å². The molecular weight excluding hydrogens is 320 g/mol. The average Bonchev–Trinajstić information content (AvgIpc) is 2.43. The number of carboxylic acid groups (broad SMARTS) is 1. The molecule has 0 aromatic heterocycles. The molecule has 4 nitrogen and oxygen atoms in total. The van der Waals surface area contributed by atoms with Crippen LogP contribution in [-0.2, 0) is 0 Å². The van der Waals surface area contributed by atoms with Gasteiger partial charge in [-0.2, -0.15) is 0 Å². The Bertz CT molecular complexity index is 734. The molecule has 0 saturated carbocycles. The largest absolute Gasteiger partial charge is 0.478 e. The van der Waals surface area contributed by atoms with Gasteiger partial charge >= 0.3 is 5.97 Å². The molecule has 0 aliphatic heterocycles. The molecule has 0 bridgehead atoms. The van der Waals surface area contributed by atoms with Crippen molar-refractivity contribution >= 4 is 40.8 Å². The van der Waals surface area contributed by atoms with Crippen LogP contribution >= 0.6 is 23.2 Å². The molecule has 1 amide bonds. The van der Waals surface area contributed by atoms with Crippen LogP contribution in [0.5, 0.6) is 0 Å². The second-order valence-corrected chi connectivity index (χ2v) is 4.90. The van der Waals surface area contributed by atoms with Crippen LogP contribution < -0.4 is 5.32 Å². The molecule has 2 N–H and O–H groups in total. The topological polar surface area (TPSA) is 66.4 Å². The number of nitrogens with one attached hydrogen (secondary N) is 1. The predicted molar refractivity (Wildman–Crippen MR) is 77.8 cm³/mol. The zero-order chi connectivity index (χ0) is 15.6. The number of rotatable bonds is 3. The molecule has 0 aliphatic carbocycles. The Kier molecular flexibility index (Phi) is 4.45. The summed E-state index contributed by atoms with van der Waals surface area (Å²) in [5.74, 6) is -2.56. The minimum Gasteiger partial charge on any atom is -0.478 e. The summed E-state index contributed by atoms with van der Waals surface area (Å²) in [7, 11) is 0. The van der Waals surface area contributed by atoms with Gasteiger partial charge in [0.15, 0.2) is 0 Å². The molecule has 108 valence electrons. The lowest BCUT2D eigenvalue weighted by molar-refractivity contribution is 0.0696. The highest BCUT2D eigenvalue weighted by Gasteiger charge is 2.15. The maximum absolute atomic E-state index is 13.4. The third-order valence-electron chi connectivity index (χ3n) is 2.62. The molecule has 0 unspecified atom stereocenters. The summed E-state index contributed by atoms with van der Waals surface area (Å²) < 4.78 is 13.4. The number of halogens is 3. The third-order valence-corrected chi connectivity index (χ3v) is 3.22. The third kappa shape index (κ3) is 3.51. The Balaban J connectivity index is 2.28. The normalized spacial score (nSPS) is 10.2. The van der Waals surface area contributed by atoms with Gasteiger partial charge in [-0.25, -0.2) is 9.18 Å². The number of carbonyl (C=O) groups is 2. The van der Waals surface area contributed by atoms with Crippen LogP contribution in [0.15, 0.2) is 36.4 Å². The molecule has 0 saturated heterocycles. The lowest BCUT2D eigenvalue weighted by Crippen LogP contribution is -2.13. The van der Waals surface area contributed by atoms with E-state index < -0.39 is 17.7 Å². The van der Waals surface area contributed by atoms with E-state index in [4.69, 9.17) is 28.3 Å². The SMILES string of the molecule is O=C(O)c1cccc(NC(=O)c2cc(F)c(Cl)cc2Cl)c1. The standard InChI is InChI=1S/C14H8Cl2FNO3/c15-10-6-11(16)12(17)5-9(10)13(19)18-8-3-1-2-7(4-8)14(20)21/h1-6H,(H,18,19)(H,20,21). The van der Waals surface area contributed by atoms with Gasteiger partial charge in [-0.1, -0.05) is 29.3 Å². The average molecular weight is 328 g/mol. The van der Waals surface area contributed by atoms with E-state index in [0.29, 0.717) is 0 Å². The molecular formula is C14H8Cl2FNO3. The Labute approximate surface area is 129 Å². The zero-order valence-electron chi connectivity index (χ0n) is 10.4. The quantitative estimate of drug-likeness (QED) is 0.834.